The summed E-state index contributed by atoms with van der Waals surface area (Å²) in [5.74, 6) is -1.28. The fourth-order valence-corrected chi connectivity index (χ4v) is 3.43. The number of anilines is 1. The molecule has 0 aliphatic carbocycles. The highest BCUT2D eigenvalue weighted by Crippen LogP contribution is 2.38. The van der Waals surface area contributed by atoms with Crippen LogP contribution < -0.4 is 4.90 Å². The molecule has 0 bridgehead atoms. The number of benzene rings is 2. The Hall–Kier alpha value is -3.06. The molecule has 0 fully saturated rings. The highest BCUT2D eigenvalue weighted by molar-refractivity contribution is 7.00. The second kappa shape index (κ2) is 5.78. The third kappa shape index (κ3) is 2.49. The van der Waals surface area contributed by atoms with Gasteiger partial charge < -0.3 is 9.64 Å². The maximum Gasteiger partial charge on any atom is 0.347 e. The molecule has 1 aliphatic heterocycles. The fraction of sp³-hybridized carbons (Fsp3) is 0.111. The molecule has 7 heteroatoms. The average Bonchev–Trinajstić information content (AvgIpc) is 3.17. The van der Waals surface area contributed by atoms with Gasteiger partial charge in [-0.15, -0.1) is 0 Å². The number of carbonyl (C=O) groups is 2. The maximum absolute atomic E-state index is 12.4. The number of nitrogens with zero attached hydrogens (tertiary/aromatic N) is 3. The van der Waals surface area contributed by atoms with Crippen LogP contribution in [0.2, 0.25) is 0 Å². The maximum atomic E-state index is 12.4. The van der Waals surface area contributed by atoms with Gasteiger partial charge in [0.05, 0.1) is 22.9 Å². The van der Waals surface area contributed by atoms with Crippen molar-refractivity contribution in [1.82, 2.24) is 8.75 Å². The Morgan fingerprint density at radius 1 is 0.920 bits per heavy atom. The van der Waals surface area contributed by atoms with Crippen LogP contribution in [0.1, 0.15) is 11.1 Å². The van der Waals surface area contributed by atoms with Crippen LogP contribution in [-0.4, -0.2) is 34.8 Å². The van der Waals surface area contributed by atoms with E-state index in [0.717, 1.165) is 22.9 Å². The number of carbonyl (C=O) groups excluding carboxylic acids is 2. The van der Waals surface area contributed by atoms with Crippen LogP contribution in [0.15, 0.2) is 42.5 Å². The first kappa shape index (κ1) is 15.5. The average molecular weight is 351 g/mol. The minimum absolute atomic E-state index is 0.259. The number of fused-ring (bicyclic) bond motifs is 1. The number of rotatable bonds is 3. The quantitative estimate of drug-likeness (QED) is 0.534. The number of ether oxygens (including phenoxy) is 1. The van der Waals surface area contributed by atoms with Crippen LogP contribution in [0.5, 0.6) is 0 Å². The SMILES string of the molecule is CN(C)c1ccccc1C1=C(c2ccc3nsnc3c2)C(=O)OC1=O. The first-order valence-corrected chi connectivity index (χ1v) is 8.29. The lowest BCUT2D eigenvalue weighted by atomic mass is 9.94. The zero-order chi connectivity index (χ0) is 17.6. The molecule has 0 saturated carbocycles. The molecule has 0 spiro atoms. The van der Waals surface area contributed by atoms with Crippen LogP contribution in [0.25, 0.3) is 22.2 Å². The monoisotopic (exact) mass is 351 g/mol. The van der Waals surface area contributed by atoms with E-state index in [1.807, 2.05) is 43.3 Å². The van der Waals surface area contributed by atoms with Gasteiger partial charge >= 0.3 is 11.9 Å². The Morgan fingerprint density at radius 3 is 2.44 bits per heavy atom. The summed E-state index contributed by atoms with van der Waals surface area (Å²) in [5, 5.41) is 0. The van der Waals surface area contributed by atoms with E-state index >= 15 is 0 Å². The van der Waals surface area contributed by atoms with E-state index in [2.05, 4.69) is 8.75 Å². The zero-order valence-corrected chi connectivity index (χ0v) is 14.3. The molecule has 124 valence electrons. The van der Waals surface area contributed by atoms with E-state index in [0.29, 0.717) is 16.6 Å². The topological polar surface area (TPSA) is 72.4 Å². The number of esters is 2. The predicted octanol–water partition coefficient (Wildman–Crippen LogP) is 2.75. The van der Waals surface area contributed by atoms with Gasteiger partial charge in [0.2, 0.25) is 0 Å². The molecule has 25 heavy (non-hydrogen) atoms. The smallest absolute Gasteiger partial charge is 0.347 e. The molecule has 0 atom stereocenters. The van der Waals surface area contributed by atoms with Crippen molar-refractivity contribution in [3.8, 4) is 0 Å². The number of aromatic nitrogens is 2. The second-order valence-corrected chi connectivity index (χ2v) is 6.33. The molecule has 0 saturated heterocycles. The minimum atomic E-state index is -0.643. The van der Waals surface area contributed by atoms with E-state index in [-0.39, 0.29) is 11.1 Å². The van der Waals surface area contributed by atoms with Gasteiger partial charge in [-0.1, -0.05) is 24.3 Å². The molecule has 4 rings (SSSR count). The van der Waals surface area contributed by atoms with E-state index in [1.165, 1.54) is 0 Å². The van der Waals surface area contributed by atoms with Crippen LogP contribution in [0, 0.1) is 0 Å². The lowest BCUT2D eigenvalue weighted by Gasteiger charge is -2.17. The van der Waals surface area contributed by atoms with Gasteiger partial charge in [-0.3, -0.25) is 0 Å². The molecule has 3 aromatic rings. The van der Waals surface area contributed by atoms with Crippen LogP contribution in [-0.2, 0) is 14.3 Å². The highest BCUT2D eigenvalue weighted by Gasteiger charge is 2.36. The van der Waals surface area contributed by atoms with Crippen LogP contribution in [0.4, 0.5) is 5.69 Å². The molecule has 0 radical (unpaired) electrons. The largest absolute Gasteiger partial charge is 0.386 e. The Morgan fingerprint density at radius 2 is 1.64 bits per heavy atom. The number of para-hydroxylation sites is 1. The third-order valence-electron chi connectivity index (χ3n) is 4.04. The number of hydrogen-bond acceptors (Lipinski definition) is 7. The molecule has 0 unspecified atom stereocenters. The van der Waals surface area contributed by atoms with Crippen LogP contribution >= 0.6 is 11.7 Å². The number of cyclic esters (lactones) is 2. The fourth-order valence-electron chi connectivity index (χ4n) is 2.91. The zero-order valence-electron chi connectivity index (χ0n) is 13.5. The Labute approximate surface area is 147 Å². The molecule has 1 aliphatic rings. The first-order valence-electron chi connectivity index (χ1n) is 7.56. The summed E-state index contributed by atoms with van der Waals surface area (Å²) in [6, 6.07) is 12.7. The molecule has 6 nitrogen and oxygen atoms in total. The summed E-state index contributed by atoms with van der Waals surface area (Å²) in [5.41, 5.74) is 4.06. The van der Waals surface area contributed by atoms with Crippen molar-refractivity contribution >= 4 is 51.5 Å². The summed E-state index contributed by atoms with van der Waals surface area (Å²) >= 11 is 1.10. The molecule has 0 amide bonds. The van der Waals surface area contributed by atoms with E-state index < -0.39 is 11.9 Å². The summed E-state index contributed by atoms with van der Waals surface area (Å²) < 4.78 is 13.3. The molecule has 0 N–H and O–H groups in total. The predicted molar refractivity (Wildman–Crippen MR) is 96.1 cm³/mol. The van der Waals surface area contributed by atoms with Gasteiger partial charge in [-0.2, -0.15) is 8.75 Å². The van der Waals surface area contributed by atoms with Gasteiger partial charge in [-0.25, -0.2) is 9.59 Å². The lowest BCUT2D eigenvalue weighted by Crippen LogP contribution is -2.12. The summed E-state index contributed by atoms with van der Waals surface area (Å²) in [6.07, 6.45) is 0. The van der Waals surface area contributed by atoms with Gasteiger partial charge in [0.25, 0.3) is 0 Å². The summed E-state index contributed by atoms with van der Waals surface area (Å²) in [6.45, 7) is 0. The van der Waals surface area contributed by atoms with Crippen molar-refractivity contribution in [2.24, 2.45) is 0 Å². The molecule has 2 heterocycles. The van der Waals surface area contributed by atoms with E-state index in [1.54, 1.807) is 18.2 Å². The van der Waals surface area contributed by atoms with E-state index in [9.17, 15) is 9.59 Å². The van der Waals surface area contributed by atoms with Crippen molar-refractivity contribution in [3.63, 3.8) is 0 Å². The number of hydrogen-bond donors (Lipinski definition) is 0. The Kier molecular flexibility index (Phi) is 3.58. The molecule has 1 aromatic heterocycles. The molecular weight excluding hydrogens is 338 g/mol. The highest BCUT2D eigenvalue weighted by atomic mass is 32.1. The van der Waals surface area contributed by atoms with Crippen molar-refractivity contribution in [2.75, 3.05) is 19.0 Å². The Balaban J connectivity index is 1.99. The third-order valence-corrected chi connectivity index (χ3v) is 4.60. The van der Waals surface area contributed by atoms with Crippen molar-refractivity contribution in [3.05, 3.63) is 53.6 Å². The second-order valence-electron chi connectivity index (χ2n) is 5.81. The van der Waals surface area contributed by atoms with Crippen molar-refractivity contribution in [1.29, 1.82) is 0 Å². The molecule has 2 aromatic carbocycles. The summed E-state index contributed by atoms with van der Waals surface area (Å²) in [4.78, 5) is 26.7. The first-order chi connectivity index (χ1) is 12.1. The van der Waals surface area contributed by atoms with Gasteiger partial charge in [-0.05, 0) is 23.8 Å². The van der Waals surface area contributed by atoms with E-state index in [4.69, 9.17) is 4.74 Å². The lowest BCUT2D eigenvalue weighted by molar-refractivity contribution is -0.149. The van der Waals surface area contributed by atoms with Gasteiger partial charge in [0, 0.05) is 25.3 Å². The minimum Gasteiger partial charge on any atom is -0.386 e. The Bertz CT molecular complexity index is 1050. The van der Waals surface area contributed by atoms with Gasteiger partial charge in [0.15, 0.2) is 0 Å². The van der Waals surface area contributed by atoms with Gasteiger partial charge in [0.1, 0.15) is 11.0 Å². The van der Waals surface area contributed by atoms with Crippen molar-refractivity contribution < 1.29 is 14.3 Å². The standard InChI is InChI=1S/C18H13N3O3S/c1-21(2)14-6-4-3-5-11(14)16-15(17(22)24-18(16)23)10-7-8-12-13(9-10)20-25-19-12/h3-9H,1-2H3. The van der Waals surface area contributed by atoms with Crippen molar-refractivity contribution in [2.45, 2.75) is 0 Å². The summed E-state index contributed by atoms with van der Waals surface area (Å²) in [7, 11) is 3.77. The normalized spacial score (nSPS) is 14.3. The molecular formula is C18H13N3O3S. The van der Waals surface area contributed by atoms with Crippen LogP contribution in [0.3, 0.4) is 0 Å².